The van der Waals surface area contributed by atoms with Gasteiger partial charge in [-0.05, 0) is 31.5 Å². The van der Waals surface area contributed by atoms with Gasteiger partial charge in [0.2, 0.25) is 0 Å². The average Bonchev–Trinajstić information content (AvgIpc) is 2.02. The van der Waals surface area contributed by atoms with Crippen molar-refractivity contribution in [1.29, 1.82) is 0 Å². The normalized spacial score (nSPS) is 11.1. The highest BCUT2D eigenvalue weighted by molar-refractivity contribution is 5.68. The predicted molar refractivity (Wildman–Crippen MR) is 51.9 cm³/mol. The van der Waals surface area contributed by atoms with E-state index in [1.165, 1.54) is 0 Å². The Balaban J connectivity index is 2.84. The average molecular weight is 195 g/mol. The van der Waals surface area contributed by atoms with E-state index in [1.807, 2.05) is 0 Å². The molecule has 0 aliphatic rings. The molecule has 1 aromatic carbocycles. The minimum Gasteiger partial charge on any atom is -0.411 e. The van der Waals surface area contributed by atoms with E-state index >= 15 is 0 Å². The summed E-state index contributed by atoms with van der Waals surface area (Å²) in [5.74, 6) is 0.366. The SMILES string of the molecule is CC(C)(O)c1ccc(OC(N)=O)cc1. The number of nitrogens with two attached hydrogens (primary N) is 1. The lowest BCUT2D eigenvalue weighted by Crippen LogP contribution is -2.17. The largest absolute Gasteiger partial charge is 0.411 e. The molecule has 1 rings (SSSR count). The fourth-order valence-electron chi connectivity index (χ4n) is 1.05. The third-order valence-corrected chi connectivity index (χ3v) is 1.78. The van der Waals surface area contributed by atoms with Crippen LogP contribution in [0.3, 0.4) is 0 Å². The standard InChI is InChI=1S/C10H13NO3/c1-10(2,13)7-3-5-8(6-4-7)14-9(11)12/h3-6,13H,1-2H3,(H2,11,12). The number of carbonyl (C=O) groups excluding carboxylic acids is 1. The lowest BCUT2D eigenvalue weighted by atomic mass is 9.99. The third kappa shape index (κ3) is 2.74. The second-order valence-electron chi connectivity index (χ2n) is 3.50. The predicted octanol–water partition coefficient (Wildman–Crippen LogP) is 1.37. The van der Waals surface area contributed by atoms with Crippen LogP contribution in [0.1, 0.15) is 19.4 Å². The Morgan fingerprint density at radius 3 is 2.21 bits per heavy atom. The van der Waals surface area contributed by atoms with Crippen LogP contribution in [-0.2, 0) is 5.60 Å². The van der Waals surface area contributed by atoms with Gasteiger partial charge in [-0.3, -0.25) is 0 Å². The van der Waals surface area contributed by atoms with E-state index in [4.69, 9.17) is 5.73 Å². The fraction of sp³-hybridized carbons (Fsp3) is 0.300. The van der Waals surface area contributed by atoms with E-state index in [9.17, 15) is 9.90 Å². The summed E-state index contributed by atoms with van der Waals surface area (Å²) in [5.41, 5.74) is 4.68. The Labute approximate surface area is 82.3 Å². The Bertz CT molecular complexity index is 324. The molecule has 1 amide bonds. The van der Waals surface area contributed by atoms with Crippen LogP contribution in [0.25, 0.3) is 0 Å². The van der Waals surface area contributed by atoms with Gasteiger partial charge in [0.15, 0.2) is 0 Å². The number of ether oxygens (including phenoxy) is 1. The number of hydrogen-bond donors (Lipinski definition) is 2. The van der Waals surface area contributed by atoms with Crippen molar-refractivity contribution in [3.05, 3.63) is 29.8 Å². The molecule has 4 nitrogen and oxygen atoms in total. The zero-order valence-corrected chi connectivity index (χ0v) is 8.15. The molecule has 0 saturated carbocycles. The number of benzene rings is 1. The molecule has 0 bridgehead atoms. The Kier molecular flexibility index (Phi) is 2.76. The zero-order valence-electron chi connectivity index (χ0n) is 8.15. The summed E-state index contributed by atoms with van der Waals surface area (Å²) >= 11 is 0. The highest BCUT2D eigenvalue weighted by Gasteiger charge is 2.15. The van der Waals surface area contributed by atoms with Gasteiger partial charge in [0, 0.05) is 0 Å². The quantitative estimate of drug-likeness (QED) is 0.748. The fourth-order valence-corrected chi connectivity index (χ4v) is 1.05. The first-order valence-corrected chi connectivity index (χ1v) is 4.20. The molecule has 0 fully saturated rings. The minimum atomic E-state index is -0.898. The molecule has 0 unspecified atom stereocenters. The molecular formula is C10H13NO3. The van der Waals surface area contributed by atoms with Gasteiger partial charge in [-0.25, -0.2) is 4.79 Å². The molecule has 76 valence electrons. The maximum Gasteiger partial charge on any atom is 0.409 e. The summed E-state index contributed by atoms with van der Waals surface area (Å²) in [4.78, 5) is 10.4. The van der Waals surface area contributed by atoms with Crippen molar-refractivity contribution in [3.63, 3.8) is 0 Å². The summed E-state index contributed by atoms with van der Waals surface area (Å²) in [6, 6.07) is 6.52. The molecule has 0 radical (unpaired) electrons. The van der Waals surface area contributed by atoms with Crippen molar-refractivity contribution in [2.75, 3.05) is 0 Å². The summed E-state index contributed by atoms with van der Waals surface area (Å²) < 4.78 is 4.64. The Morgan fingerprint density at radius 1 is 1.36 bits per heavy atom. The first-order chi connectivity index (χ1) is 6.39. The molecule has 0 aliphatic heterocycles. The Morgan fingerprint density at radius 2 is 1.86 bits per heavy atom. The minimum absolute atomic E-state index is 0.366. The van der Waals surface area contributed by atoms with Crippen molar-refractivity contribution in [2.45, 2.75) is 19.4 Å². The second kappa shape index (κ2) is 3.67. The number of carbonyl (C=O) groups is 1. The highest BCUT2D eigenvalue weighted by Crippen LogP contribution is 2.22. The second-order valence-corrected chi connectivity index (χ2v) is 3.50. The molecule has 0 aromatic heterocycles. The van der Waals surface area contributed by atoms with Crippen LogP contribution in [-0.4, -0.2) is 11.2 Å². The first-order valence-electron chi connectivity index (χ1n) is 4.20. The maximum atomic E-state index is 10.4. The van der Waals surface area contributed by atoms with E-state index in [-0.39, 0.29) is 0 Å². The van der Waals surface area contributed by atoms with E-state index in [0.29, 0.717) is 5.75 Å². The lowest BCUT2D eigenvalue weighted by molar-refractivity contribution is 0.0786. The van der Waals surface area contributed by atoms with Gasteiger partial charge in [0.1, 0.15) is 5.75 Å². The summed E-state index contributed by atoms with van der Waals surface area (Å²) in [6.07, 6.45) is -0.846. The van der Waals surface area contributed by atoms with Gasteiger partial charge < -0.3 is 15.6 Å². The third-order valence-electron chi connectivity index (χ3n) is 1.78. The number of primary amides is 1. The molecule has 14 heavy (non-hydrogen) atoms. The number of amides is 1. The van der Waals surface area contributed by atoms with E-state index in [2.05, 4.69) is 4.74 Å². The molecule has 4 heteroatoms. The van der Waals surface area contributed by atoms with E-state index < -0.39 is 11.7 Å². The summed E-state index contributed by atoms with van der Waals surface area (Å²) in [5, 5.41) is 9.63. The van der Waals surface area contributed by atoms with Gasteiger partial charge in [-0.2, -0.15) is 0 Å². The molecule has 1 aromatic rings. The zero-order chi connectivity index (χ0) is 10.8. The van der Waals surface area contributed by atoms with Crippen molar-refractivity contribution in [2.24, 2.45) is 5.73 Å². The van der Waals surface area contributed by atoms with Gasteiger partial charge >= 0.3 is 6.09 Å². The van der Waals surface area contributed by atoms with Crippen LogP contribution in [0.15, 0.2) is 24.3 Å². The number of rotatable bonds is 2. The summed E-state index contributed by atoms with van der Waals surface area (Å²) in [6.45, 7) is 3.36. The molecule has 0 spiro atoms. The maximum absolute atomic E-state index is 10.4. The van der Waals surface area contributed by atoms with E-state index in [1.54, 1.807) is 38.1 Å². The van der Waals surface area contributed by atoms with Crippen LogP contribution >= 0.6 is 0 Å². The van der Waals surface area contributed by atoms with Crippen LogP contribution in [0.4, 0.5) is 4.79 Å². The molecular weight excluding hydrogens is 182 g/mol. The van der Waals surface area contributed by atoms with Gasteiger partial charge in [-0.15, -0.1) is 0 Å². The number of aliphatic hydroxyl groups is 1. The van der Waals surface area contributed by atoms with Crippen molar-refractivity contribution in [1.82, 2.24) is 0 Å². The van der Waals surface area contributed by atoms with Crippen molar-refractivity contribution >= 4 is 6.09 Å². The van der Waals surface area contributed by atoms with Gasteiger partial charge in [-0.1, -0.05) is 12.1 Å². The highest BCUT2D eigenvalue weighted by atomic mass is 16.5. The van der Waals surface area contributed by atoms with Gasteiger partial charge in [0.25, 0.3) is 0 Å². The smallest absolute Gasteiger partial charge is 0.409 e. The van der Waals surface area contributed by atoms with E-state index in [0.717, 1.165) is 5.56 Å². The van der Waals surface area contributed by atoms with Crippen molar-refractivity contribution < 1.29 is 14.6 Å². The summed E-state index contributed by atoms with van der Waals surface area (Å²) in [7, 11) is 0. The molecule has 0 saturated heterocycles. The first kappa shape index (κ1) is 10.5. The van der Waals surface area contributed by atoms with Crippen LogP contribution in [0.2, 0.25) is 0 Å². The molecule has 3 N–H and O–H groups in total. The van der Waals surface area contributed by atoms with Crippen LogP contribution in [0.5, 0.6) is 5.75 Å². The lowest BCUT2D eigenvalue weighted by Gasteiger charge is -2.17. The Hall–Kier alpha value is -1.55. The molecule has 0 atom stereocenters. The molecule has 0 heterocycles. The number of hydrogen-bond acceptors (Lipinski definition) is 3. The van der Waals surface area contributed by atoms with Crippen LogP contribution < -0.4 is 10.5 Å². The molecule has 0 aliphatic carbocycles. The van der Waals surface area contributed by atoms with Crippen molar-refractivity contribution in [3.8, 4) is 5.75 Å². The topological polar surface area (TPSA) is 72.6 Å². The van der Waals surface area contributed by atoms with Crippen LogP contribution in [0, 0.1) is 0 Å². The monoisotopic (exact) mass is 195 g/mol. The van der Waals surface area contributed by atoms with Gasteiger partial charge in [0.05, 0.1) is 5.60 Å².